The van der Waals surface area contributed by atoms with E-state index in [2.05, 4.69) is 0 Å². The van der Waals surface area contributed by atoms with Crippen molar-refractivity contribution in [1.29, 1.82) is 0 Å². The molecule has 22 heavy (non-hydrogen) atoms. The van der Waals surface area contributed by atoms with Crippen molar-refractivity contribution in [3.63, 3.8) is 0 Å². The molecule has 2 rings (SSSR count). The monoisotopic (exact) mass is 348 g/mol. The molecule has 0 atom stereocenters. The summed E-state index contributed by atoms with van der Waals surface area (Å²) >= 11 is 5.98. The van der Waals surface area contributed by atoms with E-state index in [0.717, 1.165) is 17.1 Å². The van der Waals surface area contributed by atoms with Crippen LogP contribution in [0.5, 0.6) is 0 Å². The Morgan fingerprint density at radius 1 is 1.36 bits per heavy atom. The fraction of sp³-hybridized carbons (Fsp3) is 0.500. The van der Waals surface area contributed by atoms with Crippen LogP contribution in [-0.4, -0.2) is 49.4 Å². The van der Waals surface area contributed by atoms with Crippen molar-refractivity contribution >= 4 is 27.5 Å². The summed E-state index contributed by atoms with van der Waals surface area (Å²) in [6.45, 7) is -0.0159. The molecule has 0 radical (unpaired) electrons. The minimum atomic E-state index is -3.65. The molecule has 1 fully saturated rings. The molecule has 1 aliphatic carbocycles. The average molecular weight is 349 g/mol. The van der Waals surface area contributed by atoms with E-state index in [1.54, 1.807) is 6.07 Å². The molecule has 0 aliphatic heterocycles. The zero-order valence-electron chi connectivity index (χ0n) is 12.4. The first-order valence-electron chi connectivity index (χ1n) is 6.85. The van der Waals surface area contributed by atoms with Crippen molar-refractivity contribution in [3.8, 4) is 0 Å². The highest BCUT2D eigenvalue weighted by atomic mass is 35.5. The molecular formula is C14H18ClFN2O3S. The van der Waals surface area contributed by atoms with Crippen LogP contribution in [0.4, 0.5) is 4.39 Å². The Hall–Kier alpha value is -1.18. The molecule has 0 heterocycles. The van der Waals surface area contributed by atoms with E-state index >= 15 is 0 Å². The standard InChI is InChI=1S/C14H18ClFN2O3S/c1-17(2)22(20,21)9-14(19)18(10-6-7-10)8-11-12(15)4-3-5-13(11)16/h3-5,10H,6-9H2,1-2H3. The molecule has 5 nitrogen and oxygen atoms in total. The van der Waals surface area contributed by atoms with Crippen LogP contribution in [0.25, 0.3) is 0 Å². The lowest BCUT2D eigenvalue weighted by atomic mass is 10.2. The van der Waals surface area contributed by atoms with Gasteiger partial charge in [0.1, 0.15) is 11.6 Å². The second-order valence-corrected chi connectivity index (χ2v) is 8.08. The maximum absolute atomic E-state index is 13.9. The predicted octanol–water partition coefficient (Wildman–Crippen LogP) is 1.86. The zero-order valence-corrected chi connectivity index (χ0v) is 14.0. The number of benzene rings is 1. The van der Waals surface area contributed by atoms with Crippen molar-refractivity contribution in [1.82, 2.24) is 9.21 Å². The minimum Gasteiger partial charge on any atom is -0.334 e. The normalized spacial score (nSPS) is 15.1. The summed E-state index contributed by atoms with van der Waals surface area (Å²) in [5.74, 6) is -1.65. The van der Waals surface area contributed by atoms with Gasteiger partial charge in [-0.3, -0.25) is 4.79 Å². The third kappa shape index (κ3) is 3.97. The van der Waals surface area contributed by atoms with Gasteiger partial charge in [0.15, 0.2) is 0 Å². The van der Waals surface area contributed by atoms with Gasteiger partial charge in [-0.1, -0.05) is 17.7 Å². The number of carbonyl (C=O) groups is 1. The lowest BCUT2D eigenvalue weighted by Crippen LogP contribution is -2.40. The van der Waals surface area contributed by atoms with E-state index in [0.29, 0.717) is 0 Å². The van der Waals surface area contributed by atoms with Gasteiger partial charge in [-0.2, -0.15) is 0 Å². The Kier molecular flexibility index (Phi) is 5.09. The summed E-state index contributed by atoms with van der Waals surface area (Å²) in [5.41, 5.74) is 0.215. The number of hydrogen-bond donors (Lipinski definition) is 0. The van der Waals surface area contributed by atoms with Gasteiger partial charge in [0.25, 0.3) is 0 Å². The molecule has 0 bridgehead atoms. The van der Waals surface area contributed by atoms with Gasteiger partial charge >= 0.3 is 0 Å². The number of carbonyl (C=O) groups excluding carboxylic acids is 1. The van der Waals surface area contributed by atoms with Crippen molar-refractivity contribution in [2.75, 3.05) is 19.8 Å². The summed E-state index contributed by atoms with van der Waals surface area (Å²) in [7, 11) is -0.900. The molecule has 1 aromatic rings. The van der Waals surface area contributed by atoms with Gasteiger partial charge in [-0.15, -0.1) is 0 Å². The first-order chi connectivity index (χ1) is 10.2. The molecule has 0 aromatic heterocycles. The summed E-state index contributed by atoms with van der Waals surface area (Å²) in [6.07, 6.45) is 1.58. The van der Waals surface area contributed by atoms with Crippen molar-refractivity contribution in [2.45, 2.75) is 25.4 Å². The topological polar surface area (TPSA) is 57.7 Å². The SMILES string of the molecule is CN(C)S(=O)(=O)CC(=O)N(Cc1c(F)cccc1Cl)C1CC1. The summed E-state index contributed by atoms with van der Waals surface area (Å²) in [4.78, 5) is 13.7. The van der Waals surface area contributed by atoms with Gasteiger partial charge in [0.05, 0.1) is 6.54 Å². The van der Waals surface area contributed by atoms with E-state index < -0.39 is 27.5 Å². The zero-order chi connectivity index (χ0) is 16.5. The molecule has 0 saturated heterocycles. The Morgan fingerprint density at radius 3 is 2.50 bits per heavy atom. The quantitative estimate of drug-likeness (QED) is 0.788. The molecule has 1 aliphatic rings. The van der Waals surface area contributed by atoms with Crippen LogP contribution in [0.2, 0.25) is 5.02 Å². The van der Waals surface area contributed by atoms with Gasteiger partial charge < -0.3 is 4.90 Å². The number of hydrogen-bond acceptors (Lipinski definition) is 3. The first kappa shape index (κ1) is 17.2. The third-order valence-electron chi connectivity index (χ3n) is 3.56. The molecule has 8 heteroatoms. The smallest absolute Gasteiger partial charge is 0.239 e. The van der Waals surface area contributed by atoms with Crippen LogP contribution in [0.15, 0.2) is 18.2 Å². The van der Waals surface area contributed by atoms with Gasteiger partial charge in [0.2, 0.25) is 15.9 Å². The minimum absolute atomic E-state index is 0.0159. The maximum Gasteiger partial charge on any atom is 0.239 e. The van der Waals surface area contributed by atoms with Crippen molar-refractivity contribution < 1.29 is 17.6 Å². The predicted molar refractivity (Wildman–Crippen MR) is 82.5 cm³/mol. The van der Waals surface area contributed by atoms with E-state index in [4.69, 9.17) is 11.6 Å². The van der Waals surface area contributed by atoms with E-state index in [-0.39, 0.29) is 23.2 Å². The van der Waals surface area contributed by atoms with Crippen molar-refractivity contribution in [2.24, 2.45) is 0 Å². The third-order valence-corrected chi connectivity index (χ3v) is 5.64. The number of nitrogens with zero attached hydrogens (tertiary/aromatic N) is 2. The molecule has 1 amide bonds. The average Bonchev–Trinajstić information content (AvgIpc) is 3.21. The van der Waals surface area contributed by atoms with E-state index in [1.165, 1.54) is 31.1 Å². The Labute approximate surface area is 134 Å². The van der Waals surface area contributed by atoms with Gasteiger partial charge in [-0.25, -0.2) is 17.1 Å². The number of rotatable bonds is 6. The Bertz CT molecular complexity index is 654. The fourth-order valence-electron chi connectivity index (χ4n) is 2.03. The highest BCUT2D eigenvalue weighted by molar-refractivity contribution is 7.89. The molecule has 0 spiro atoms. The highest BCUT2D eigenvalue weighted by Gasteiger charge is 2.35. The molecule has 1 aromatic carbocycles. The lowest BCUT2D eigenvalue weighted by Gasteiger charge is -2.24. The second kappa shape index (κ2) is 6.52. The highest BCUT2D eigenvalue weighted by Crippen LogP contribution is 2.31. The Morgan fingerprint density at radius 2 is 2.00 bits per heavy atom. The fourth-order valence-corrected chi connectivity index (χ4v) is 2.99. The van der Waals surface area contributed by atoms with Gasteiger partial charge in [-0.05, 0) is 25.0 Å². The number of sulfonamides is 1. The number of halogens is 2. The van der Waals surface area contributed by atoms with Crippen molar-refractivity contribution in [3.05, 3.63) is 34.6 Å². The molecule has 0 unspecified atom stereocenters. The summed E-state index contributed by atoms with van der Waals surface area (Å²) in [6, 6.07) is 4.26. The van der Waals surface area contributed by atoms with E-state index in [9.17, 15) is 17.6 Å². The van der Waals surface area contributed by atoms with E-state index in [1.807, 2.05) is 0 Å². The second-order valence-electron chi connectivity index (χ2n) is 5.49. The molecule has 122 valence electrons. The van der Waals surface area contributed by atoms with Crippen LogP contribution < -0.4 is 0 Å². The molecule has 0 N–H and O–H groups in total. The largest absolute Gasteiger partial charge is 0.334 e. The molecular weight excluding hydrogens is 331 g/mol. The summed E-state index contributed by atoms with van der Waals surface area (Å²) in [5, 5.41) is 0.230. The van der Waals surface area contributed by atoms with Gasteiger partial charge in [0, 0.05) is 30.7 Å². The summed E-state index contributed by atoms with van der Waals surface area (Å²) < 4.78 is 38.6. The van der Waals surface area contributed by atoms with Crippen LogP contribution in [-0.2, 0) is 21.4 Å². The molecule has 1 saturated carbocycles. The first-order valence-corrected chi connectivity index (χ1v) is 8.83. The lowest BCUT2D eigenvalue weighted by molar-refractivity contribution is -0.129. The van der Waals surface area contributed by atoms with Crippen LogP contribution in [0, 0.1) is 5.82 Å². The van der Waals surface area contributed by atoms with Crippen LogP contribution >= 0.6 is 11.6 Å². The van der Waals surface area contributed by atoms with Crippen LogP contribution in [0.1, 0.15) is 18.4 Å². The van der Waals surface area contributed by atoms with Crippen LogP contribution in [0.3, 0.4) is 0 Å². The Balaban J connectivity index is 2.19. The maximum atomic E-state index is 13.9. The number of amides is 1.